The number of benzene rings is 1. The van der Waals surface area contributed by atoms with Gasteiger partial charge in [0.1, 0.15) is 0 Å². The summed E-state index contributed by atoms with van der Waals surface area (Å²) in [6.45, 7) is 0. The molecule has 0 aliphatic rings. The van der Waals surface area contributed by atoms with Gasteiger partial charge in [-0.25, -0.2) is 0 Å². The number of anilines is 1. The maximum Gasteiger partial charge on any atom is 0.241 e. The van der Waals surface area contributed by atoms with E-state index < -0.39 is 6.04 Å². The van der Waals surface area contributed by atoms with Crippen LogP contribution in [-0.2, 0) is 11.2 Å². The normalized spacial score (nSPS) is 12.1. The van der Waals surface area contributed by atoms with Crippen molar-refractivity contribution in [2.75, 3.05) is 5.32 Å². The number of carbonyl (C=O) groups excluding carboxylic acids is 1. The fourth-order valence-corrected chi connectivity index (χ4v) is 1.51. The maximum absolute atomic E-state index is 11.7. The Kier molecular flexibility index (Phi) is 3.52. The van der Waals surface area contributed by atoms with Crippen LogP contribution in [0.1, 0.15) is 5.56 Å². The zero-order chi connectivity index (χ0) is 12.1. The van der Waals surface area contributed by atoms with Crippen LogP contribution in [0.15, 0.2) is 42.7 Å². The van der Waals surface area contributed by atoms with Crippen molar-refractivity contribution in [1.82, 2.24) is 10.2 Å². The van der Waals surface area contributed by atoms with Crippen molar-refractivity contribution in [1.29, 1.82) is 0 Å². The predicted octanol–water partition coefficient (Wildman–Crippen LogP) is 0.918. The van der Waals surface area contributed by atoms with E-state index in [-0.39, 0.29) is 5.91 Å². The van der Waals surface area contributed by atoms with Crippen molar-refractivity contribution in [3.8, 4) is 0 Å². The van der Waals surface area contributed by atoms with Gasteiger partial charge in [-0.1, -0.05) is 30.3 Å². The lowest BCUT2D eigenvalue weighted by molar-refractivity contribution is -0.117. The quantitative estimate of drug-likeness (QED) is 0.730. The number of hydrogen-bond donors (Lipinski definition) is 3. The van der Waals surface area contributed by atoms with Crippen molar-refractivity contribution in [3.63, 3.8) is 0 Å². The van der Waals surface area contributed by atoms with Crippen LogP contribution in [-0.4, -0.2) is 22.1 Å². The number of rotatable bonds is 4. The van der Waals surface area contributed by atoms with Gasteiger partial charge in [0.2, 0.25) is 5.91 Å². The lowest BCUT2D eigenvalue weighted by Gasteiger charge is -2.10. The molecule has 1 aromatic carbocycles. The number of nitrogens with zero attached hydrogens (tertiary/aromatic N) is 1. The molecule has 5 nitrogen and oxygen atoms in total. The molecule has 17 heavy (non-hydrogen) atoms. The summed E-state index contributed by atoms with van der Waals surface area (Å²) in [5.41, 5.74) is 7.49. The van der Waals surface area contributed by atoms with Crippen LogP contribution in [0.5, 0.6) is 0 Å². The Balaban J connectivity index is 1.92. The second-order valence-electron chi connectivity index (χ2n) is 3.77. The summed E-state index contributed by atoms with van der Waals surface area (Å²) in [4.78, 5) is 11.7. The van der Waals surface area contributed by atoms with Crippen molar-refractivity contribution in [3.05, 3.63) is 48.3 Å². The molecule has 0 saturated carbocycles. The molecule has 1 atom stereocenters. The molecule has 2 rings (SSSR count). The molecule has 0 saturated heterocycles. The third-order valence-corrected chi connectivity index (χ3v) is 2.40. The first-order chi connectivity index (χ1) is 8.25. The molecule has 2 aromatic rings. The molecular formula is C12H14N4O. The first-order valence-electron chi connectivity index (χ1n) is 5.35. The van der Waals surface area contributed by atoms with Crippen molar-refractivity contribution < 1.29 is 4.79 Å². The number of H-pyrrole nitrogens is 1. The minimum absolute atomic E-state index is 0.213. The van der Waals surface area contributed by atoms with E-state index in [4.69, 9.17) is 5.73 Å². The van der Waals surface area contributed by atoms with Gasteiger partial charge >= 0.3 is 0 Å². The van der Waals surface area contributed by atoms with Crippen LogP contribution in [0.4, 0.5) is 5.69 Å². The van der Waals surface area contributed by atoms with Gasteiger partial charge in [0.15, 0.2) is 0 Å². The average molecular weight is 230 g/mol. The fourth-order valence-electron chi connectivity index (χ4n) is 1.51. The van der Waals surface area contributed by atoms with Crippen LogP contribution in [0.2, 0.25) is 0 Å². The summed E-state index contributed by atoms with van der Waals surface area (Å²) in [7, 11) is 0. The Hall–Kier alpha value is -2.14. The minimum Gasteiger partial charge on any atom is -0.322 e. The van der Waals surface area contributed by atoms with Crippen LogP contribution < -0.4 is 11.1 Å². The smallest absolute Gasteiger partial charge is 0.241 e. The van der Waals surface area contributed by atoms with Crippen LogP contribution in [0.3, 0.4) is 0 Å². The van der Waals surface area contributed by atoms with Gasteiger partial charge in [0, 0.05) is 6.20 Å². The first-order valence-corrected chi connectivity index (χ1v) is 5.35. The summed E-state index contributed by atoms with van der Waals surface area (Å²) < 4.78 is 0. The van der Waals surface area contributed by atoms with Crippen molar-refractivity contribution >= 4 is 11.6 Å². The molecule has 0 aliphatic heterocycles. The van der Waals surface area contributed by atoms with E-state index in [2.05, 4.69) is 15.5 Å². The lowest BCUT2D eigenvalue weighted by atomic mass is 10.1. The third-order valence-electron chi connectivity index (χ3n) is 2.40. The molecule has 4 N–H and O–H groups in total. The lowest BCUT2D eigenvalue weighted by Crippen LogP contribution is -2.37. The number of carbonyl (C=O) groups is 1. The maximum atomic E-state index is 11.7. The zero-order valence-electron chi connectivity index (χ0n) is 9.26. The van der Waals surface area contributed by atoms with Crippen LogP contribution in [0, 0.1) is 0 Å². The molecule has 1 amide bonds. The number of hydrogen-bond acceptors (Lipinski definition) is 3. The van der Waals surface area contributed by atoms with Gasteiger partial charge in [-0.3, -0.25) is 9.89 Å². The summed E-state index contributed by atoms with van der Waals surface area (Å²) in [6, 6.07) is 9.12. The Bertz CT molecular complexity index is 467. The Morgan fingerprint density at radius 1 is 1.41 bits per heavy atom. The Labute approximate surface area is 99.0 Å². The van der Waals surface area contributed by atoms with Crippen LogP contribution >= 0.6 is 0 Å². The van der Waals surface area contributed by atoms with Gasteiger partial charge < -0.3 is 11.1 Å². The molecule has 1 aromatic heterocycles. The highest BCUT2D eigenvalue weighted by Gasteiger charge is 2.14. The number of amides is 1. The molecule has 1 heterocycles. The van der Waals surface area contributed by atoms with Gasteiger partial charge in [0.25, 0.3) is 0 Å². The van der Waals surface area contributed by atoms with Gasteiger partial charge in [-0.05, 0) is 12.0 Å². The summed E-state index contributed by atoms with van der Waals surface area (Å²) in [5, 5.41) is 9.04. The van der Waals surface area contributed by atoms with Crippen LogP contribution in [0.25, 0.3) is 0 Å². The highest BCUT2D eigenvalue weighted by atomic mass is 16.2. The monoisotopic (exact) mass is 230 g/mol. The van der Waals surface area contributed by atoms with E-state index in [1.54, 1.807) is 6.20 Å². The second kappa shape index (κ2) is 5.27. The SMILES string of the molecule is N[C@@H](Cc1ccccc1)C(=O)Nc1cn[nH]c1. The molecule has 0 aliphatic carbocycles. The Morgan fingerprint density at radius 2 is 2.18 bits per heavy atom. The molecule has 0 fully saturated rings. The summed E-state index contributed by atoms with van der Waals surface area (Å²) in [6.07, 6.45) is 3.66. The van der Waals surface area contributed by atoms with Gasteiger partial charge in [-0.2, -0.15) is 5.10 Å². The average Bonchev–Trinajstić information content (AvgIpc) is 2.83. The van der Waals surface area contributed by atoms with E-state index >= 15 is 0 Å². The largest absolute Gasteiger partial charge is 0.322 e. The zero-order valence-corrected chi connectivity index (χ0v) is 9.26. The number of nitrogens with one attached hydrogen (secondary N) is 2. The highest BCUT2D eigenvalue weighted by molar-refractivity contribution is 5.94. The number of aromatic nitrogens is 2. The standard InChI is InChI=1S/C12H14N4O/c13-11(6-9-4-2-1-3-5-9)12(17)16-10-7-14-15-8-10/h1-5,7-8,11H,6,13H2,(H,14,15)(H,16,17)/t11-/m0/s1. The fraction of sp³-hybridized carbons (Fsp3) is 0.167. The number of nitrogens with two attached hydrogens (primary N) is 1. The topological polar surface area (TPSA) is 83.8 Å². The highest BCUT2D eigenvalue weighted by Crippen LogP contribution is 2.05. The van der Waals surface area contributed by atoms with Crippen molar-refractivity contribution in [2.24, 2.45) is 5.73 Å². The van der Waals surface area contributed by atoms with Gasteiger partial charge in [-0.15, -0.1) is 0 Å². The molecule has 0 spiro atoms. The molecule has 88 valence electrons. The van der Waals surface area contributed by atoms with E-state index in [0.717, 1.165) is 5.56 Å². The number of aromatic amines is 1. The molecule has 0 radical (unpaired) electrons. The van der Waals surface area contributed by atoms with E-state index in [1.165, 1.54) is 6.20 Å². The third kappa shape index (κ3) is 3.15. The summed E-state index contributed by atoms with van der Waals surface area (Å²) >= 11 is 0. The van der Waals surface area contributed by atoms with E-state index in [9.17, 15) is 4.79 Å². The first kappa shape index (κ1) is 11.3. The van der Waals surface area contributed by atoms with E-state index in [1.807, 2.05) is 30.3 Å². The second-order valence-corrected chi connectivity index (χ2v) is 3.77. The van der Waals surface area contributed by atoms with Crippen molar-refractivity contribution in [2.45, 2.75) is 12.5 Å². The summed E-state index contributed by atoms with van der Waals surface area (Å²) in [5.74, 6) is -0.213. The molecule has 0 unspecified atom stereocenters. The predicted molar refractivity (Wildman–Crippen MR) is 65.3 cm³/mol. The molecular weight excluding hydrogens is 216 g/mol. The van der Waals surface area contributed by atoms with Gasteiger partial charge in [0.05, 0.1) is 17.9 Å². The van der Waals surface area contributed by atoms with E-state index in [0.29, 0.717) is 12.1 Å². The molecule has 0 bridgehead atoms. The minimum atomic E-state index is -0.563. The molecule has 5 heteroatoms. The Morgan fingerprint density at radius 3 is 2.82 bits per heavy atom.